The van der Waals surface area contributed by atoms with Gasteiger partial charge in [-0.3, -0.25) is 9.59 Å². The Bertz CT molecular complexity index is 1400. The second-order valence-electron chi connectivity index (χ2n) is 10.2. The van der Waals surface area contributed by atoms with Gasteiger partial charge in [0.2, 0.25) is 12.3 Å². The molecule has 1 atom stereocenters. The van der Waals surface area contributed by atoms with E-state index in [9.17, 15) is 28.2 Å². The second kappa shape index (κ2) is 12.9. The van der Waals surface area contributed by atoms with Crippen LogP contribution >= 0.6 is 0 Å². The highest BCUT2D eigenvalue weighted by Gasteiger charge is 2.21. The van der Waals surface area contributed by atoms with Gasteiger partial charge in [0, 0.05) is 24.9 Å². The Morgan fingerprint density at radius 3 is 2.36 bits per heavy atom. The van der Waals surface area contributed by atoms with E-state index in [0.717, 1.165) is 22.9 Å². The number of hydrogen-bond acceptors (Lipinski definition) is 7. The molecule has 3 aromatic carbocycles. The van der Waals surface area contributed by atoms with Gasteiger partial charge in [0.05, 0.1) is 23.1 Å². The number of aromatic hydroxyl groups is 1. The van der Waals surface area contributed by atoms with Crippen LogP contribution in [0.15, 0.2) is 71.6 Å². The van der Waals surface area contributed by atoms with Crippen LogP contribution in [0.1, 0.15) is 42.2 Å². The Kier molecular flexibility index (Phi) is 9.85. The van der Waals surface area contributed by atoms with E-state index in [0.29, 0.717) is 24.9 Å². The van der Waals surface area contributed by atoms with Crippen LogP contribution in [0, 0.1) is 0 Å². The summed E-state index contributed by atoms with van der Waals surface area (Å²) in [6, 6.07) is 18.8. The van der Waals surface area contributed by atoms with Crippen LogP contribution in [-0.2, 0) is 38.8 Å². The predicted octanol–water partition coefficient (Wildman–Crippen LogP) is 2.87. The average molecular weight is 554 g/mol. The minimum atomic E-state index is -3.26. The molecular weight excluding hydrogens is 518 g/mol. The van der Waals surface area contributed by atoms with Crippen LogP contribution in [0.25, 0.3) is 0 Å². The monoisotopic (exact) mass is 553 g/mol. The fourth-order valence-corrected chi connectivity index (χ4v) is 4.79. The van der Waals surface area contributed by atoms with Crippen molar-refractivity contribution in [1.82, 2.24) is 10.6 Å². The fraction of sp³-hybridized carbons (Fsp3) is 0.310. The number of rotatable bonds is 13. The lowest BCUT2D eigenvalue weighted by molar-refractivity contribution is -0.120. The van der Waals surface area contributed by atoms with Crippen LogP contribution in [0.5, 0.6) is 5.75 Å². The number of carbonyl (C=O) groups is 2. The number of β-amino-alcohol motifs (C(OH)–C–C–N with tert-alkyl or cyclic N) is 1. The van der Waals surface area contributed by atoms with E-state index in [1.54, 1.807) is 18.2 Å². The number of anilines is 1. The number of phenolic OH excluding ortho intramolecular Hbond substituents is 1. The predicted molar refractivity (Wildman–Crippen MR) is 150 cm³/mol. The number of nitrogens with one attached hydrogen (secondary N) is 3. The zero-order valence-electron chi connectivity index (χ0n) is 22.3. The summed E-state index contributed by atoms with van der Waals surface area (Å²) in [6.45, 7) is 4.59. The van der Waals surface area contributed by atoms with Crippen molar-refractivity contribution in [2.45, 2.75) is 49.8 Å². The van der Waals surface area contributed by atoms with Gasteiger partial charge in [0.15, 0.2) is 9.84 Å². The molecule has 3 aromatic rings. The molecule has 0 bridgehead atoms. The van der Waals surface area contributed by atoms with E-state index >= 15 is 0 Å². The number of aliphatic hydroxyl groups excluding tert-OH is 1. The van der Waals surface area contributed by atoms with E-state index in [1.165, 1.54) is 24.3 Å². The molecule has 5 N–H and O–H groups in total. The zero-order valence-corrected chi connectivity index (χ0v) is 23.1. The molecule has 39 heavy (non-hydrogen) atoms. The van der Waals surface area contributed by atoms with Crippen LogP contribution < -0.4 is 16.0 Å². The Labute approximate surface area is 229 Å². The largest absolute Gasteiger partial charge is 0.506 e. The van der Waals surface area contributed by atoms with Gasteiger partial charge < -0.3 is 26.2 Å². The van der Waals surface area contributed by atoms with Crippen molar-refractivity contribution in [3.05, 3.63) is 89.0 Å². The molecule has 0 unspecified atom stereocenters. The summed E-state index contributed by atoms with van der Waals surface area (Å²) >= 11 is 0. The van der Waals surface area contributed by atoms with Crippen LogP contribution in [0.4, 0.5) is 5.69 Å². The van der Waals surface area contributed by atoms with Gasteiger partial charge >= 0.3 is 0 Å². The summed E-state index contributed by atoms with van der Waals surface area (Å²) in [5.41, 5.74) is 3.12. The van der Waals surface area contributed by atoms with E-state index in [4.69, 9.17) is 0 Å². The molecule has 2 amide bonds. The van der Waals surface area contributed by atoms with Gasteiger partial charge in [-0.15, -0.1) is 0 Å². The van der Waals surface area contributed by atoms with E-state index in [1.807, 2.05) is 38.1 Å². The standard InChI is InChI=1S/C29H35N3O6S/c1-29(2,32-18-27(35)23-9-12-26(34)25(15-23)31-19-33)16-22-6-4-5-21(13-22)14-28(36)30-17-20-7-10-24(11-8-20)39(3,37)38/h4-13,15,19,27,32,34-35H,14,16-18H2,1-3H3,(H,30,36)(H,31,33)/t27-/m0/s1. The lowest BCUT2D eigenvalue weighted by Crippen LogP contribution is -2.43. The first kappa shape index (κ1) is 29.8. The maximum atomic E-state index is 12.5. The highest BCUT2D eigenvalue weighted by Crippen LogP contribution is 2.27. The van der Waals surface area contributed by atoms with Crippen molar-refractivity contribution in [1.29, 1.82) is 0 Å². The number of amides is 2. The lowest BCUT2D eigenvalue weighted by atomic mass is 9.93. The fourth-order valence-electron chi connectivity index (χ4n) is 4.16. The van der Waals surface area contributed by atoms with Crippen LogP contribution in [-0.4, -0.2) is 49.3 Å². The molecule has 0 radical (unpaired) electrons. The van der Waals surface area contributed by atoms with E-state index in [2.05, 4.69) is 16.0 Å². The first-order valence-electron chi connectivity index (χ1n) is 12.5. The number of benzene rings is 3. The highest BCUT2D eigenvalue weighted by atomic mass is 32.2. The molecule has 3 rings (SSSR count). The van der Waals surface area contributed by atoms with E-state index < -0.39 is 15.9 Å². The third-order valence-corrected chi connectivity index (χ3v) is 7.37. The van der Waals surface area contributed by atoms with Crippen LogP contribution in [0.3, 0.4) is 0 Å². The number of phenols is 1. The van der Waals surface area contributed by atoms with E-state index in [-0.39, 0.29) is 40.7 Å². The maximum absolute atomic E-state index is 12.5. The molecule has 9 nitrogen and oxygen atoms in total. The van der Waals surface area contributed by atoms with Crippen molar-refractivity contribution in [2.75, 3.05) is 18.1 Å². The molecule has 0 saturated carbocycles. The lowest BCUT2D eigenvalue weighted by Gasteiger charge is -2.28. The van der Waals surface area contributed by atoms with Gasteiger partial charge in [-0.05, 0) is 66.8 Å². The molecule has 0 aliphatic carbocycles. The topological polar surface area (TPSA) is 145 Å². The average Bonchev–Trinajstić information content (AvgIpc) is 2.87. The SMILES string of the molecule is CC(C)(Cc1cccc(CC(=O)NCc2ccc(S(C)(=O)=O)cc2)c1)NC[C@H](O)c1ccc(O)c(NC=O)c1. The molecule has 0 fully saturated rings. The van der Waals surface area contributed by atoms with Crippen molar-refractivity contribution >= 4 is 27.8 Å². The van der Waals surface area contributed by atoms with Gasteiger partial charge in [0.1, 0.15) is 5.75 Å². The summed E-state index contributed by atoms with van der Waals surface area (Å²) < 4.78 is 23.2. The van der Waals surface area contributed by atoms with Crippen molar-refractivity contribution in [3.8, 4) is 5.75 Å². The summed E-state index contributed by atoms with van der Waals surface area (Å²) in [4.78, 5) is 23.5. The number of aliphatic hydroxyl groups is 1. The maximum Gasteiger partial charge on any atom is 0.224 e. The molecule has 0 aliphatic rings. The molecule has 0 spiro atoms. The Morgan fingerprint density at radius 2 is 1.69 bits per heavy atom. The first-order chi connectivity index (χ1) is 18.4. The van der Waals surface area contributed by atoms with Crippen molar-refractivity contribution in [2.24, 2.45) is 0 Å². The Morgan fingerprint density at radius 1 is 1.00 bits per heavy atom. The second-order valence-corrected chi connectivity index (χ2v) is 12.2. The summed E-state index contributed by atoms with van der Waals surface area (Å²) in [6.07, 6.45) is 1.62. The minimum absolute atomic E-state index is 0.0804. The molecular formula is C29H35N3O6S. The highest BCUT2D eigenvalue weighted by molar-refractivity contribution is 7.90. The third-order valence-electron chi connectivity index (χ3n) is 6.24. The summed E-state index contributed by atoms with van der Waals surface area (Å²) in [7, 11) is -3.26. The normalized spacial score (nSPS) is 12.5. The third kappa shape index (κ3) is 9.20. The number of carbonyl (C=O) groups excluding carboxylic acids is 2. The Balaban J connectivity index is 1.52. The molecule has 0 heterocycles. The number of sulfone groups is 1. The first-order valence-corrected chi connectivity index (χ1v) is 14.3. The summed E-state index contributed by atoms with van der Waals surface area (Å²) in [5, 5.41) is 29.1. The minimum Gasteiger partial charge on any atom is -0.506 e. The van der Waals surface area contributed by atoms with Gasteiger partial charge in [-0.25, -0.2) is 8.42 Å². The molecule has 0 aliphatic heterocycles. The number of hydrogen-bond donors (Lipinski definition) is 5. The molecule has 0 aromatic heterocycles. The Hall–Kier alpha value is -3.73. The van der Waals surface area contributed by atoms with Gasteiger partial charge in [0.25, 0.3) is 0 Å². The van der Waals surface area contributed by atoms with Gasteiger partial charge in [-0.1, -0.05) is 42.5 Å². The van der Waals surface area contributed by atoms with Crippen molar-refractivity contribution in [3.63, 3.8) is 0 Å². The quantitative estimate of drug-likeness (QED) is 0.162. The summed E-state index contributed by atoms with van der Waals surface area (Å²) in [5.74, 6) is -0.222. The van der Waals surface area contributed by atoms with Gasteiger partial charge in [-0.2, -0.15) is 0 Å². The van der Waals surface area contributed by atoms with Crippen molar-refractivity contribution < 1.29 is 28.2 Å². The zero-order chi connectivity index (χ0) is 28.6. The molecule has 10 heteroatoms. The smallest absolute Gasteiger partial charge is 0.224 e. The molecule has 208 valence electrons. The van der Waals surface area contributed by atoms with Crippen LogP contribution in [0.2, 0.25) is 0 Å². The molecule has 0 saturated heterocycles.